The number of anilines is 1. The molecule has 150 valence electrons. The number of amides is 2. The normalized spacial score (nSPS) is 14.6. The van der Waals surface area contributed by atoms with Gasteiger partial charge in [-0.15, -0.1) is 0 Å². The van der Waals surface area contributed by atoms with Gasteiger partial charge in [0.25, 0.3) is 11.8 Å². The van der Waals surface area contributed by atoms with Gasteiger partial charge in [0.2, 0.25) is 0 Å². The van der Waals surface area contributed by atoms with Crippen LogP contribution >= 0.6 is 0 Å². The molecule has 2 amide bonds. The molecule has 3 rings (SSSR count). The van der Waals surface area contributed by atoms with Crippen molar-refractivity contribution in [3.63, 3.8) is 0 Å². The summed E-state index contributed by atoms with van der Waals surface area (Å²) in [4.78, 5) is 35.9. The van der Waals surface area contributed by atoms with Crippen molar-refractivity contribution < 1.29 is 19.5 Å². The number of aryl methyl sites for hydroxylation is 1. The van der Waals surface area contributed by atoms with E-state index in [1.54, 1.807) is 10.9 Å². The zero-order valence-corrected chi connectivity index (χ0v) is 15.7. The number of hydrogen-bond donors (Lipinski definition) is 3. The molecule has 0 aliphatic heterocycles. The molecular weight excluding hydrogens is 364 g/mol. The fraction of sp³-hybridized carbons (Fsp3) is 0.500. The van der Waals surface area contributed by atoms with Gasteiger partial charge in [-0.2, -0.15) is 10.2 Å². The molecule has 1 saturated carbocycles. The summed E-state index contributed by atoms with van der Waals surface area (Å²) in [6, 6.07) is 0.130. The highest BCUT2D eigenvalue weighted by Gasteiger charge is 2.23. The van der Waals surface area contributed by atoms with Gasteiger partial charge in [0, 0.05) is 25.0 Å². The van der Waals surface area contributed by atoms with Crippen LogP contribution in [0.25, 0.3) is 0 Å². The van der Waals surface area contributed by atoms with E-state index in [0.29, 0.717) is 12.2 Å². The molecule has 0 aromatic carbocycles. The average molecular weight is 388 g/mol. The van der Waals surface area contributed by atoms with Crippen LogP contribution < -0.4 is 10.6 Å². The molecule has 0 radical (unpaired) electrons. The lowest BCUT2D eigenvalue weighted by Gasteiger charge is -2.22. The number of nitrogens with zero attached hydrogens (tertiary/aromatic N) is 4. The molecular formula is C18H24N6O4. The second-order valence-electron chi connectivity index (χ2n) is 6.83. The molecule has 0 spiro atoms. The highest BCUT2D eigenvalue weighted by Crippen LogP contribution is 2.20. The van der Waals surface area contributed by atoms with Crippen LogP contribution in [0.5, 0.6) is 0 Å². The predicted octanol–water partition coefficient (Wildman–Crippen LogP) is 1.50. The molecule has 3 N–H and O–H groups in total. The van der Waals surface area contributed by atoms with Crippen LogP contribution in [-0.4, -0.2) is 48.5 Å². The average Bonchev–Trinajstić information content (AvgIpc) is 3.29. The van der Waals surface area contributed by atoms with Crippen LogP contribution in [0.4, 0.5) is 5.69 Å². The number of aromatic nitrogens is 4. The summed E-state index contributed by atoms with van der Waals surface area (Å²) in [5.74, 6) is -1.85. The number of carboxylic acid groups (broad SMARTS) is 1. The molecule has 0 saturated heterocycles. The third kappa shape index (κ3) is 4.76. The van der Waals surface area contributed by atoms with Crippen LogP contribution in [-0.2, 0) is 17.9 Å². The first kappa shape index (κ1) is 19.6. The van der Waals surface area contributed by atoms with Crippen molar-refractivity contribution in [1.82, 2.24) is 24.9 Å². The van der Waals surface area contributed by atoms with Crippen molar-refractivity contribution in [3.8, 4) is 0 Å². The van der Waals surface area contributed by atoms with Crippen molar-refractivity contribution in [2.24, 2.45) is 0 Å². The molecule has 28 heavy (non-hydrogen) atoms. The fourth-order valence-corrected chi connectivity index (χ4v) is 3.24. The Bertz CT molecular complexity index is 865. The smallest absolute Gasteiger partial charge is 0.325 e. The lowest BCUT2D eigenvalue weighted by atomic mass is 9.95. The van der Waals surface area contributed by atoms with E-state index in [-0.39, 0.29) is 29.8 Å². The first-order chi connectivity index (χ1) is 13.5. The monoisotopic (exact) mass is 388 g/mol. The molecule has 1 aliphatic rings. The topological polar surface area (TPSA) is 131 Å². The number of carbonyl (C=O) groups is 3. The summed E-state index contributed by atoms with van der Waals surface area (Å²) in [6.45, 7) is 2.10. The Morgan fingerprint density at radius 1 is 1.14 bits per heavy atom. The Balaban J connectivity index is 1.72. The Morgan fingerprint density at radius 2 is 1.89 bits per heavy atom. The second-order valence-corrected chi connectivity index (χ2v) is 6.83. The molecule has 10 nitrogen and oxygen atoms in total. The fourth-order valence-electron chi connectivity index (χ4n) is 3.24. The van der Waals surface area contributed by atoms with Gasteiger partial charge < -0.3 is 15.7 Å². The van der Waals surface area contributed by atoms with Gasteiger partial charge in [-0.3, -0.25) is 23.7 Å². The van der Waals surface area contributed by atoms with Crippen molar-refractivity contribution in [2.75, 3.05) is 5.32 Å². The summed E-state index contributed by atoms with van der Waals surface area (Å²) in [7, 11) is 0. The van der Waals surface area contributed by atoms with Crippen molar-refractivity contribution in [2.45, 2.75) is 58.2 Å². The second kappa shape index (κ2) is 8.68. The Labute approximate surface area is 161 Å². The summed E-state index contributed by atoms with van der Waals surface area (Å²) in [5.41, 5.74) is 0.675. The molecule has 2 aromatic heterocycles. The van der Waals surface area contributed by atoms with Crippen LogP contribution in [0.1, 0.15) is 59.9 Å². The highest BCUT2D eigenvalue weighted by molar-refractivity contribution is 6.08. The zero-order valence-electron chi connectivity index (χ0n) is 15.7. The van der Waals surface area contributed by atoms with E-state index >= 15 is 0 Å². The van der Waals surface area contributed by atoms with E-state index in [9.17, 15) is 14.4 Å². The summed E-state index contributed by atoms with van der Waals surface area (Å²) in [6.07, 6.45) is 9.51. The van der Waals surface area contributed by atoms with E-state index in [1.165, 1.54) is 18.8 Å². The van der Waals surface area contributed by atoms with Crippen LogP contribution in [0.3, 0.4) is 0 Å². The van der Waals surface area contributed by atoms with Crippen molar-refractivity contribution in [1.29, 1.82) is 0 Å². The Hall–Kier alpha value is -3.17. The van der Waals surface area contributed by atoms with Gasteiger partial charge in [-0.25, -0.2) is 0 Å². The van der Waals surface area contributed by atoms with E-state index in [1.807, 2.05) is 6.92 Å². The van der Waals surface area contributed by atoms with Gasteiger partial charge in [0.05, 0.1) is 17.4 Å². The molecule has 0 atom stereocenters. The molecule has 1 aliphatic carbocycles. The van der Waals surface area contributed by atoms with Crippen LogP contribution in [0.15, 0.2) is 18.6 Å². The van der Waals surface area contributed by atoms with E-state index < -0.39 is 11.9 Å². The minimum atomic E-state index is -1.05. The molecule has 0 unspecified atom stereocenters. The lowest BCUT2D eigenvalue weighted by Crippen LogP contribution is -2.36. The van der Waals surface area contributed by atoms with Crippen molar-refractivity contribution in [3.05, 3.63) is 29.8 Å². The largest absolute Gasteiger partial charge is 0.480 e. The van der Waals surface area contributed by atoms with E-state index in [0.717, 1.165) is 30.4 Å². The highest BCUT2D eigenvalue weighted by atomic mass is 16.4. The van der Waals surface area contributed by atoms with Gasteiger partial charge in [0.15, 0.2) is 5.69 Å². The minimum Gasteiger partial charge on any atom is -0.480 e. The third-order valence-electron chi connectivity index (χ3n) is 4.68. The minimum absolute atomic E-state index is 0.130. The molecule has 2 heterocycles. The number of hydrogen-bond acceptors (Lipinski definition) is 5. The zero-order chi connectivity index (χ0) is 20.1. The predicted molar refractivity (Wildman–Crippen MR) is 100 cm³/mol. The summed E-state index contributed by atoms with van der Waals surface area (Å²) >= 11 is 0. The van der Waals surface area contributed by atoms with Gasteiger partial charge in [-0.1, -0.05) is 19.3 Å². The van der Waals surface area contributed by atoms with E-state index in [4.69, 9.17) is 5.11 Å². The first-order valence-corrected chi connectivity index (χ1v) is 9.40. The number of carboxylic acids is 1. The van der Waals surface area contributed by atoms with Gasteiger partial charge >= 0.3 is 5.97 Å². The molecule has 2 aromatic rings. The van der Waals surface area contributed by atoms with Crippen LogP contribution in [0, 0.1) is 0 Å². The molecule has 0 bridgehead atoms. The quantitative estimate of drug-likeness (QED) is 0.659. The Morgan fingerprint density at radius 3 is 2.57 bits per heavy atom. The first-order valence-electron chi connectivity index (χ1n) is 9.40. The maximum Gasteiger partial charge on any atom is 0.325 e. The molecule has 1 fully saturated rings. The number of rotatable bonds is 7. The number of nitrogens with one attached hydrogen (secondary N) is 2. The number of aliphatic carboxylic acids is 1. The van der Waals surface area contributed by atoms with Crippen molar-refractivity contribution >= 4 is 23.5 Å². The maximum absolute atomic E-state index is 12.7. The summed E-state index contributed by atoms with van der Waals surface area (Å²) < 4.78 is 2.74. The van der Waals surface area contributed by atoms with Crippen LogP contribution in [0.2, 0.25) is 0 Å². The number of carbonyl (C=O) groups excluding carboxylic acids is 2. The lowest BCUT2D eigenvalue weighted by molar-refractivity contribution is -0.137. The molecule has 10 heteroatoms. The third-order valence-corrected chi connectivity index (χ3v) is 4.68. The van der Waals surface area contributed by atoms with E-state index in [2.05, 4.69) is 20.8 Å². The summed E-state index contributed by atoms with van der Waals surface area (Å²) in [5, 5.41) is 22.6. The van der Waals surface area contributed by atoms with Gasteiger partial charge in [0.1, 0.15) is 6.54 Å². The Kier molecular flexibility index (Phi) is 6.07. The SMILES string of the molecule is CCn1cc(NC(=O)c2cnn(CC(=O)O)c2)c(C(=O)NC2CCCCC2)n1. The van der Waals surface area contributed by atoms with Gasteiger partial charge in [-0.05, 0) is 19.8 Å². The maximum atomic E-state index is 12.7. The standard InChI is InChI=1S/C18H24N6O4/c1-2-23-10-14(16(22-23)18(28)20-13-6-4-3-5-7-13)21-17(27)12-8-19-24(9-12)11-15(25)26/h8-10,13H,2-7,11H2,1H3,(H,20,28)(H,21,27)(H,25,26).